The van der Waals surface area contributed by atoms with Gasteiger partial charge >= 0.3 is 0 Å². The number of aromatic hydroxyl groups is 1. The molecule has 2 atom stereocenters. The number of aromatic nitrogens is 1. The van der Waals surface area contributed by atoms with Crippen LogP contribution in [0.5, 0.6) is 5.75 Å². The monoisotopic (exact) mass is 468 g/mol. The van der Waals surface area contributed by atoms with E-state index in [-0.39, 0.29) is 35.3 Å². The maximum absolute atomic E-state index is 13.7. The Labute approximate surface area is 198 Å². The predicted octanol–water partition coefficient (Wildman–Crippen LogP) is 4.03. The largest absolute Gasteiger partial charge is 0.508 e. The van der Waals surface area contributed by atoms with Crippen LogP contribution in [0.3, 0.4) is 0 Å². The number of ketones is 1. The minimum Gasteiger partial charge on any atom is -0.508 e. The molecule has 0 unspecified atom stereocenters. The van der Waals surface area contributed by atoms with Gasteiger partial charge in [-0.2, -0.15) is 0 Å². The molecule has 2 aromatic rings. The summed E-state index contributed by atoms with van der Waals surface area (Å²) in [5.74, 6) is -0.340. The number of carbonyl (C=O) groups is 3. The van der Waals surface area contributed by atoms with E-state index in [2.05, 4.69) is 10.3 Å². The Balaban J connectivity index is 1.53. The molecule has 4 rings (SSSR count). The molecule has 2 heterocycles. The van der Waals surface area contributed by atoms with Gasteiger partial charge in [-0.1, -0.05) is 38.3 Å². The van der Waals surface area contributed by atoms with Gasteiger partial charge in [0.25, 0.3) is 0 Å². The molecule has 2 amide bonds. The van der Waals surface area contributed by atoms with Gasteiger partial charge in [0, 0.05) is 23.9 Å². The van der Waals surface area contributed by atoms with Crippen molar-refractivity contribution in [3.8, 4) is 5.75 Å². The van der Waals surface area contributed by atoms with Crippen molar-refractivity contribution >= 4 is 28.9 Å². The zero-order valence-electron chi connectivity index (χ0n) is 18.8. The normalized spacial score (nSPS) is 19.9. The molecule has 175 valence electrons. The minimum absolute atomic E-state index is 0.0315. The summed E-state index contributed by atoms with van der Waals surface area (Å²) in [4.78, 5) is 45.1. The molecular weight excluding hydrogens is 438 g/mol. The van der Waals surface area contributed by atoms with E-state index in [4.69, 9.17) is 0 Å². The van der Waals surface area contributed by atoms with Crippen LogP contribution >= 0.6 is 11.3 Å². The van der Waals surface area contributed by atoms with Crippen LogP contribution in [0, 0.1) is 12.3 Å². The van der Waals surface area contributed by atoms with Gasteiger partial charge in [0.1, 0.15) is 22.5 Å². The number of nitrogens with zero attached hydrogens (tertiary/aromatic N) is 2. The molecular formula is C25H30N3O4S. The topological polar surface area (TPSA) is 99.6 Å². The average molecular weight is 469 g/mol. The van der Waals surface area contributed by atoms with Crippen molar-refractivity contribution in [1.29, 1.82) is 0 Å². The van der Waals surface area contributed by atoms with Crippen LogP contribution in [-0.4, -0.2) is 45.2 Å². The lowest BCUT2D eigenvalue weighted by molar-refractivity contribution is -0.138. The summed E-state index contributed by atoms with van der Waals surface area (Å²) in [6.45, 7) is 2.30. The smallest absolute Gasteiger partial charge is 0.246 e. The van der Waals surface area contributed by atoms with Crippen molar-refractivity contribution in [1.82, 2.24) is 15.2 Å². The number of rotatable bonds is 7. The molecule has 2 aliphatic rings. The lowest BCUT2D eigenvalue weighted by atomic mass is 9.83. The molecule has 2 fully saturated rings. The van der Waals surface area contributed by atoms with Gasteiger partial charge in [-0.05, 0) is 43.7 Å². The molecule has 0 bridgehead atoms. The lowest BCUT2D eigenvalue weighted by Gasteiger charge is -2.34. The zero-order valence-corrected chi connectivity index (χ0v) is 19.6. The van der Waals surface area contributed by atoms with Crippen LogP contribution in [0.2, 0.25) is 0 Å². The van der Waals surface area contributed by atoms with Gasteiger partial charge < -0.3 is 15.3 Å². The van der Waals surface area contributed by atoms with E-state index >= 15 is 0 Å². The van der Waals surface area contributed by atoms with Crippen LogP contribution in [0.25, 0.3) is 0 Å². The quantitative estimate of drug-likeness (QED) is 0.598. The minimum atomic E-state index is -0.525. The molecule has 0 spiro atoms. The summed E-state index contributed by atoms with van der Waals surface area (Å²) in [5.41, 5.74) is 0.694. The first kappa shape index (κ1) is 23.4. The first-order chi connectivity index (χ1) is 16.0. The molecule has 8 heteroatoms. The first-order valence-corrected chi connectivity index (χ1v) is 12.6. The van der Waals surface area contributed by atoms with E-state index < -0.39 is 6.04 Å². The fraction of sp³-hybridized carbons (Fsp3) is 0.480. The highest BCUT2D eigenvalue weighted by Gasteiger charge is 2.39. The third-order valence-electron chi connectivity index (χ3n) is 6.63. The first-order valence-electron chi connectivity index (χ1n) is 11.7. The Morgan fingerprint density at radius 1 is 1.18 bits per heavy atom. The van der Waals surface area contributed by atoms with E-state index in [1.54, 1.807) is 24.4 Å². The number of phenolic OH excluding ortho intramolecular Hbond substituents is 1. The molecule has 1 aliphatic carbocycles. The number of benzene rings is 1. The van der Waals surface area contributed by atoms with Crippen molar-refractivity contribution in [2.24, 2.45) is 5.92 Å². The Hall–Kier alpha value is -2.74. The molecule has 1 aliphatic heterocycles. The summed E-state index contributed by atoms with van der Waals surface area (Å²) in [5, 5.41) is 15.1. The lowest BCUT2D eigenvalue weighted by Crippen LogP contribution is -2.52. The number of likely N-dealkylation sites (tertiary alicyclic amines) is 1. The summed E-state index contributed by atoms with van der Waals surface area (Å²) >= 11 is 1.38. The van der Waals surface area contributed by atoms with E-state index in [0.29, 0.717) is 17.8 Å². The summed E-state index contributed by atoms with van der Waals surface area (Å²) in [7, 11) is 0. The van der Waals surface area contributed by atoms with Gasteiger partial charge in [0.05, 0.1) is 6.04 Å². The van der Waals surface area contributed by atoms with E-state index in [0.717, 1.165) is 43.5 Å². The summed E-state index contributed by atoms with van der Waals surface area (Å²) in [6.07, 6.45) is 8.32. The molecule has 1 aromatic carbocycles. The molecule has 2 N–H and O–H groups in total. The van der Waals surface area contributed by atoms with Crippen LogP contribution in [0.4, 0.5) is 0 Å². The van der Waals surface area contributed by atoms with Gasteiger partial charge in [-0.3, -0.25) is 14.4 Å². The van der Waals surface area contributed by atoms with E-state index in [1.165, 1.54) is 36.3 Å². The number of hydrogen-bond donors (Lipinski definition) is 2. The predicted molar refractivity (Wildman–Crippen MR) is 126 cm³/mol. The van der Waals surface area contributed by atoms with Crippen molar-refractivity contribution in [3.05, 3.63) is 52.3 Å². The molecule has 1 saturated heterocycles. The number of thiazole rings is 1. The van der Waals surface area contributed by atoms with Crippen molar-refractivity contribution < 1.29 is 19.5 Å². The standard InChI is InChI=1S/C25H30N3O4S/c1-2-21(30)27-22(16-8-4-3-5-9-16)25(32)28-13-7-12-20(28)24-26-19(15-33-24)23(31)17-10-6-11-18(29)14-17/h2,6,10-11,14-16,20,22,29H,3-5,7-9,12-13H2,1H3,(H,27,30)/t20-,22-/m0/s1. The fourth-order valence-electron chi connectivity index (χ4n) is 4.89. The maximum atomic E-state index is 13.7. The van der Waals surface area contributed by atoms with E-state index in [1.807, 2.05) is 4.90 Å². The molecule has 1 aromatic heterocycles. The molecule has 33 heavy (non-hydrogen) atoms. The third kappa shape index (κ3) is 5.27. The second-order valence-electron chi connectivity index (χ2n) is 8.81. The Morgan fingerprint density at radius 2 is 1.97 bits per heavy atom. The van der Waals surface area contributed by atoms with E-state index in [9.17, 15) is 19.5 Å². The zero-order chi connectivity index (χ0) is 23.4. The number of nitrogens with one attached hydrogen (secondary N) is 1. The maximum Gasteiger partial charge on any atom is 0.246 e. The van der Waals surface area contributed by atoms with Crippen LogP contribution in [-0.2, 0) is 9.59 Å². The van der Waals surface area contributed by atoms with Crippen LogP contribution < -0.4 is 5.32 Å². The highest BCUT2D eigenvalue weighted by molar-refractivity contribution is 7.10. The number of hydrogen-bond acceptors (Lipinski definition) is 6. The van der Waals surface area contributed by atoms with Crippen LogP contribution in [0.15, 0.2) is 29.6 Å². The highest BCUT2D eigenvalue weighted by Crippen LogP contribution is 2.36. The Bertz CT molecular complexity index is 1010. The Kier molecular flexibility index (Phi) is 7.42. The second kappa shape index (κ2) is 10.5. The third-order valence-corrected chi connectivity index (χ3v) is 7.58. The fourth-order valence-corrected chi connectivity index (χ4v) is 5.84. The van der Waals surface area contributed by atoms with Crippen molar-refractivity contribution in [2.45, 2.75) is 64.0 Å². The molecule has 1 saturated carbocycles. The molecule has 7 nitrogen and oxygen atoms in total. The molecule has 1 radical (unpaired) electrons. The highest BCUT2D eigenvalue weighted by atomic mass is 32.1. The second-order valence-corrected chi connectivity index (χ2v) is 9.70. The van der Waals surface area contributed by atoms with Gasteiger partial charge in [-0.15, -0.1) is 11.3 Å². The van der Waals surface area contributed by atoms with Gasteiger partial charge in [0.15, 0.2) is 0 Å². The average Bonchev–Trinajstić information content (AvgIpc) is 3.52. The number of amides is 2. The summed E-state index contributed by atoms with van der Waals surface area (Å²) < 4.78 is 0. The number of phenols is 1. The Morgan fingerprint density at radius 3 is 2.70 bits per heavy atom. The number of carbonyl (C=O) groups excluding carboxylic acids is 3. The van der Waals surface area contributed by atoms with Gasteiger partial charge in [-0.25, -0.2) is 4.98 Å². The van der Waals surface area contributed by atoms with Crippen LogP contribution in [0.1, 0.15) is 79.0 Å². The summed E-state index contributed by atoms with van der Waals surface area (Å²) in [6, 6.07) is 5.50. The van der Waals surface area contributed by atoms with Crippen molar-refractivity contribution in [3.63, 3.8) is 0 Å². The van der Waals surface area contributed by atoms with Gasteiger partial charge in [0.2, 0.25) is 17.6 Å². The van der Waals surface area contributed by atoms with Crippen molar-refractivity contribution in [2.75, 3.05) is 6.54 Å². The SMILES string of the molecule is C[CH]C(=O)N[C@H](C(=O)N1CCC[C@H]1c1nc(C(=O)c2cccc(O)c2)cs1)C1CCCCC1.